The number of fused-ring (bicyclic) bond motifs is 1. The Hall–Kier alpha value is -2.57. The number of aryl methyl sites for hydroxylation is 1. The van der Waals surface area contributed by atoms with Crippen molar-refractivity contribution in [3.8, 4) is 11.5 Å². The lowest BCUT2D eigenvalue weighted by Gasteiger charge is -2.15. The molecule has 0 spiro atoms. The summed E-state index contributed by atoms with van der Waals surface area (Å²) in [7, 11) is 0. The highest BCUT2D eigenvalue weighted by atomic mass is 16.5. The van der Waals surface area contributed by atoms with Crippen LogP contribution in [0.1, 0.15) is 45.2 Å². The molecule has 0 bridgehead atoms. The van der Waals surface area contributed by atoms with E-state index in [1.807, 2.05) is 19.1 Å². The van der Waals surface area contributed by atoms with E-state index in [0.717, 1.165) is 48.0 Å². The Morgan fingerprint density at radius 2 is 1.68 bits per heavy atom. The summed E-state index contributed by atoms with van der Waals surface area (Å²) in [5.41, 5.74) is 6.88. The highest BCUT2D eigenvalue weighted by molar-refractivity contribution is 5.90. The van der Waals surface area contributed by atoms with Crippen LogP contribution in [-0.2, 0) is 0 Å². The number of aromatic nitrogens is 2. The highest BCUT2D eigenvalue weighted by Gasteiger charge is 2.13. The van der Waals surface area contributed by atoms with Gasteiger partial charge in [0, 0.05) is 11.5 Å². The standard InChI is InChI=1S/C18H27N5O2/c1-4-6-8-24-15-10-13-12(3)21-18(23-17(19)20)22-14(13)11-16(15)25-9-7-5-2/h10-11H,4-9H2,1-3H3,(H4,19,20,21,22,23). The van der Waals surface area contributed by atoms with E-state index >= 15 is 0 Å². The number of guanidine groups is 1. The summed E-state index contributed by atoms with van der Waals surface area (Å²) in [6.45, 7) is 7.43. The summed E-state index contributed by atoms with van der Waals surface area (Å²) in [5.74, 6) is 1.51. The summed E-state index contributed by atoms with van der Waals surface area (Å²) >= 11 is 0. The number of nitrogens with one attached hydrogen (secondary N) is 2. The summed E-state index contributed by atoms with van der Waals surface area (Å²) < 4.78 is 11.8. The first kappa shape index (κ1) is 18.8. The van der Waals surface area contributed by atoms with Crippen LogP contribution in [0.5, 0.6) is 11.5 Å². The minimum Gasteiger partial charge on any atom is -0.490 e. The van der Waals surface area contributed by atoms with Gasteiger partial charge in [0.05, 0.1) is 24.4 Å². The zero-order valence-corrected chi connectivity index (χ0v) is 15.2. The van der Waals surface area contributed by atoms with Gasteiger partial charge in [0.25, 0.3) is 0 Å². The molecule has 0 saturated carbocycles. The van der Waals surface area contributed by atoms with Crippen LogP contribution in [0.25, 0.3) is 10.9 Å². The van der Waals surface area contributed by atoms with Crippen LogP contribution in [-0.4, -0.2) is 29.1 Å². The van der Waals surface area contributed by atoms with Gasteiger partial charge in [-0.2, -0.15) is 0 Å². The van der Waals surface area contributed by atoms with Gasteiger partial charge in [-0.25, -0.2) is 9.97 Å². The molecule has 136 valence electrons. The van der Waals surface area contributed by atoms with E-state index in [-0.39, 0.29) is 5.96 Å². The predicted octanol–water partition coefficient (Wildman–Crippen LogP) is 3.60. The third kappa shape index (κ3) is 5.20. The van der Waals surface area contributed by atoms with Gasteiger partial charge in [-0.3, -0.25) is 10.7 Å². The molecule has 1 aromatic heterocycles. The van der Waals surface area contributed by atoms with Crippen molar-refractivity contribution < 1.29 is 9.47 Å². The fourth-order valence-electron chi connectivity index (χ4n) is 2.34. The van der Waals surface area contributed by atoms with Crippen LogP contribution in [0, 0.1) is 12.3 Å². The van der Waals surface area contributed by atoms with Crippen LogP contribution < -0.4 is 20.5 Å². The monoisotopic (exact) mass is 345 g/mol. The van der Waals surface area contributed by atoms with E-state index in [2.05, 4.69) is 29.1 Å². The normalized spacial score (nSPS) is 10.7. The van der Waals surface area contributed by atoms with Gasteiger partial charge in [-0.1, -0.05) is 26.7 Å². The molecule has 0 amide bonds. The Bertz CT molecular complexity index is 733. The Kier molecular flexibility index (Phi) is 6.80. The zero-order chi connectivity index (χ0) is 18.2. The maximum absolute atomic E-state index is 7.34. The lowest BCUT2D eigenvalue weighted by Crippen LogP contribution is -2.22. The first-order valence-corrected chi connectivity index (χ1v) is 8.74. The number of nitrogens with zero attached hydrogens (tertiary/aromatic N) is 2. The molecule has 2 aromatic rings. The van der Waals surface area contributed by atoms with E-state index in [9.17, 15) is 0 Å². The molecule has 2 rings (SSSR count). The SMILES string of the molecule is CCCCOc1cc2nc(NC(=N)N)nc(C)c2cc1OCCCC. The summed E-state index contributed by atoms with van der Waals surface area (Å²) in [5, 5.41) is 10.9. The molecule has 7 heteroatoms. The highest BCUT2D eigenvalue weighted by Crippen LogP contribution is 2.33. The van der Waals surface area contributed by atoms with Crippen LogP contribution in [0.3, 0.4) is 0 Å². The average Bonchev–Trinajstić information content (AvgIpc) is 2.55. The van der Waals surface area contributed by atoms with Gasteiger partial charge >= 0.3 is 0 Å². The quantitative estimate of drug-likeness (QED) is 0.364. The van der Waals surface area contributed by atoms with E-state index < -0.39 is 0 Å². The molecule has 0 aliphatic rings. The Balaban J connectivity index is 2.40. The van der Waals surface area contributed by atoms with Gasteiger partial charge in [0.1, 0.15) is 0 Å². The van der Waals surface area contributed by atoms with Gasteiger partial charge in [0.15, 0.2) is 17.5 Å². The largest absolute Gasteiger partial charge is 0.490 e. The minimum absolute atomic E-state index is 0.197. The third-order valence-electron chi connectivity index (χ3n) is 3.71. The lowest BCUT2D eigenvalue weighted by molar-refractivity contribution is 0.262. The van der Waals surface area contributed by atoms with Crippen molar-refractivity contribution >= 4 is 22.8 Å². The fraction of sp³-hybridized carbons (Fsp3) is 0.500. The topological polar surface area (TPSA) is 106 Å². The first-order valence-electron chi connectivity index (χ1n) is 8.74. The molecule has 0 atom stereocenters. The smallest absolute Gasteiger partial charge is 0.230 e. The number of rotatable bonds is 9. The number of ether oxygens (including phenoxy) is 2. The number of benzene rings is 1. The van der Waals surface area contributed by atoms with Crippen LogP contribution in [0.15, 0.2) is 12.1 Å². The average molecular weight is 345 g/mol. The molecule has 0 radical (unpaired) electrons. The second-order valence-electron chi connectivity index (χ2n) is 5.89. The third-order valence-corrected chi connectivity index (χ3v) is 3.71. The van der Waals surface area contributed by atoms with Crippen molar-refractivity contribution in [3.63, 3.8) is 0 Å². The maximum Gasteiger partial charge on any atom is 0.230 e. The van der Waals surface area contributed by atoms with E-state index in [1.165, 1.54) is 0 Å². The number of unbranched alkanes of at least 4 members (excludes halogenated alkanes) is 2. The molecule has 0 aliphatic carbocycles. The molecular weight excluding hydrogens is 318 g/mol. The van der Waals surface area contributed by atoms with Crippen LogP contribution in [0.2, 0.25) is 0 Å². The number of nitrogens with two attached hydrogens (primary N) is 1. The Morgan fingerprint density at radius 1 is 1.08 bits per heavy atom. The lowest BCUT2D eigenvalue weighted by atomic mass is 10.1. The Labute approximate surface area is 148 Å². The van der Waals surface area contributed by atoms with E-state index in [4.69, 9.17) is 20.6 Å². The van der Waals surface area contributed by atoms with Gasteiger partial charge < -0.3 is 15.2 Å². The second-order valence-corrected chi connectivity index (χ2v) is 5.89. The molecule has 1 heterocycles. The zero-order valence-electron chi connectivity index (χ0n) is 15.2. The predicted molar refractivity (Wildman–Crippen MR) is 101 cm³/mol. The molecule has 0 fully saturated rings. The minimum atomic E-state index is -0.197. The fourth-order valence-corrected chi connectivity index (χ4v) is 2.34. The number of anilines is 1. The molecule has 4 N–H and O–H groups in total. The Morgan fingerprint density at radius 3 is 2.24 bits per heavy atom. The van der Waals surface area contributed by atoms with Crippen molar-refractivity contribution in [2.75, 3.05) is 18.5 Å². The van der Waals surface area contributed by atoms with Gasteiger partial charge in [0.2, 0.25) is 5.95 Å². The van der Waals surface area contributed by atoms with Crippen molar-refractivity contribution in [2.24, 2.45) is 5.73 Å². The molecular formula is C18H27N5O2. The van der Waals surface area contributed by atoms with Crippen LogP contribution in [0.4, 0.5) is 5.95 Å². The van der Waals surface area contributed by atoms with E-state index in [1.54, 1.807) is 0 Å². The molecule has 0 saturated heterocycles. The number of hydrogen-bond donors (Lipinski definition) is 3. The summed E-state index contributed by atoms with van der Waals surface area (Å²) in [6, 6.07) is 3.80. The second kappa shape index (κ2) is 9.05. The summed E-state index contributed by atoms with van der Waals surface area (Å²) in [6.07, 6.45) is 4.10. The van der Waals surface area contributed by atoms with Crippen molar-refractivity contribution in [1.82, 2.24) is 9.97 Å². The maximum atomic E-state index is 7.34. The van der Waals surface area contributed by atoms with Gasteiger partial charge in [-0.05, 0) is 25.8 Å². The molecule has 1 aromatic carbocycles. The number of hydrogen-bond acceptors (Lipinski definition) is 5. The van der Waals surface area contributed by atoms with E-state index in [0.29, 0.717) is 24.9 Å². The van der Waals surface area contributed by atoms with Crippen LogP contribution >= 0.6 is 0 Å². The first-order chi connectivity index (χ1) is 12.0. The van der Waals surface area contributed by atoms with Crippen molar-refractivity contribution in [1.29, 1.82) is 5.41 Å². The molecule has 7 nitrogen and oxygen atoms in total. The molecule has 25 heavy (non-hydrogen) atoms. The van der Waals surface area contributed by atoms with Crippen molar-refractivity contribution in [3.05, 3.63) is 17.8 Å². The molecule has 0 unspecified atom stereocenters. The molecule has 0 aliphatic heterocycles. The summed E-state index contributed by atoms with van der Waals surface area (Å²) in [4.78, 5) is 8.77. The van der Waals surface area contributed by atoms with Gasteiger partial charge in [-0.15, -0.1) is 0 Å². The van der Waals surface area contributed by atoms with Crippen molar-refractivity contribution in [2.45, 2.75) is 46.5 Å².